The standard InChI is InChI=1S/C12H16N2O3/c1-7-11-9(6-16-12(3,4)17-11)10(5-13-7)14-8(2)15/h5H,6H2,1-4H3,(H,14,15). The monoisotopic (exact) mass is 236 g/mol. The summed E-state index contributed by atoms with van der Waals surface area (Å²) in [6.45, 7) is 7.43. The number of ether oxygens (including phenoxy) is 2. The second kappa shape index (κ2) is 4.00. The van der Waals surface area contributed by atoms with Gasteiger partial charge in [0.15, 0.2) is 5.75 Å². The van der Waals surface area contributed by atoms with Crippen LogP contribution in [0.5, 0.6) is 5.75 Å². The van der Waals surface area contributed by atoms with Crippen molar-refractivity contribution in [3.05, 3.63) is 17.5 Å². The number of carbonyl (C=O) groups excluding carboxylic acids is 1. The lowest BCUT2D eigenvalue weighted by Crippen LogP contribution is -2.36. The molecule has 92 valence electrons. The van der Waals surface area contributed by atoms with Gasteiger partial charge in [-0.1, -0.05) is 0 Å². The van der Waals surface area contributed by atoms with Crippen molar-refractivity contribution < 1.29 is 14.3 Å². The number of amides is 1. The molecule has 2 rings (SSSR count). The van der Waals surface area contributed by atoms with Crippen LogP contribution in [0, 0.1) is 6.92 Å². The van der Waals surface area contributed by atoms with Crippen LogP contribution < -0.4 is 10.1 Å². The summed E-state index contributed by atoms with van der Waals surface area (Å²) in [4.78, 5) is 15.3. The number of carbonyl (C=O) groups is 1. The summed E-state index contributed by atoms with van der Waals surface area (Å²) in [5.41, 5.74) is 2.28. The van der Waals surface area contributed by atoms with E-state index >= 15 is 0 Å². The number of fused-ring (bicyclic) bond motifs is 1. The van der Waals surface area contributed by atoms with Gasteiger partial charge in [0.05, 0.1) is 24.2 Å². The Morgan fingerprint density at radius 2 is 2.24 bits per heavy atom. The Kier molecular flexibility index (Phi) is 2.79. The minimum atomic E-state index is -0.658. The number of rotatable bonds is 1. The number of nitrogens with zero attached hydrogens (tertiary/aromatic N) is 1. The van der Waals surface area contributed by atoms with E-state index in [2.05, 4.69) is 10.3 Å². The number of aryl methyl sites for hydroxylation is 1. The molecule has 0 aromatic carbocycles. The third-order valence-corrected chi connectivity index (χ3v) is 2.54. The molecule has 0 fully saturated rings. The van der Waals surface area contributed by atoms with Gasteiger partial charge in [0.2, 0.25) is 11.7 Å². The van der Waals surface area contributed by atoms with Gasteiger partial charge in [0.25, 0.3) is 0 Å². The van der Waals surface area contributed by atoms with Crippen LogP contribution in [0.15, 0.2) is 6.20 Å². The molecule has 0 unspecified atom stereocenters. The largest absolute Gasteiger partial charge is 0.461 e. The summed E-state index contributed by atoms with van der Waals surface area (Å²) in [7, 11) is 0. The Labute approximate surface area is 100 Å². The van der Waals surface area contributed by atoms with Crippen molar-refractivity contribution in [1.29, 1.82) is 0 Å². The van der Waals surface area contributed by atoms with Crippen LogP contribution in [0.3, 0.4) is 0 Å². The number of pyridine rings is 1. The highest BCUT2D eigenvalue weighted by Crippen LogP contribution is 2.37. The lowest BCUT2D eigenvalue weighted by molar-refractivity contribution is -0.180. The topological polar surface area (TPSA) is 60.5 Å². The van der Waals surface area contributed by atoms with E-state index in [1.165, 1.54) is 6.92 Å². The molecular weight excluding hydrogens is 220 g/mol. The van der Waals surface area contributed by atoms with E-state index in [1.807, 2.05) is 20.8 Å². The molecule has 5 nitrogen and oxygen atoms in total. The van der Waals surface area contributed by atoms with Crippen molar-refractivity contribution in [3.8, 4) is 5.75 Å². The fraction of sp³-hybridized carbons (Fsp3) is 0.500. The normalized spacial score (nSPS) is 16.9. The van der Waals surface area contributed by atoms with Crippen LogP contribution >= 0.6 is 0 Å². The third-order valence-electron chi connectivity index (χ3n) is 2.54. The zero-order chi connectivity index (χ0) is 12.6. The predicted molar refractivity (Wildman–Crippen MR) is 62.8 cm³/mol. The summed E-state index contributed by atoms with van der Waals surface area (Å²) in [6.07, 6.45) is 1.63. The molecule has 1 N–H and O–H groups in total. The molecular formula is C12H16N2O3. The minimum Gasteiger partial charge on any atom is -0.461 e. The number of hydrogen-bond donors (Lipinski definition) is 1. The van der Waals surface area contributed by atoms with Crippen molar-refractivity contribution >= 4 is 11.6 Å². The van der Waals surface area contributed by atoms with Crippen LogP contribution in [-0.4, -0.2) is 16.7 Å². The van der Waals surface area contributed by atoms with E-state index in [4.69, 9.17) is 9.47 Å². The van der Waals surface area contributed by atoms with Crippen LogP contribution in [0.25, 0.3) is 0 Å². The average Bonchev–Trinajstić information content (AvgIpc) is 2.21. The maximum atomic E-state index is 11.1. The van der Waals surface area contributed by atoms with Crippen LogP contribution in [-0.2, 0) is 16.1 Å². The van der Waals surface area contributed by atoms with Crippen LogP contribution in [0.1, 0.15) is 32.0 Å². The SMILES string of the molecule is CC(=O)Nc1cnc(C)c2c1COC(C)(C)O2. The van der Waals surface area contributed by atoms with Crippen LogP contribution in [0.2, 0.25) is 0 Å². The molecule has 0 saturated heterocycles. The average molecular weight is 236 g/mol. The Morgan fingerprint density at radius 3 is 2.88 bits per heavy atom. The highest BCUT2D eigenvalue weighted by atomic mass is 16.7. The number of anilines is 1. The van der Waals surface area contributed by atoms with Gasteiger partial charge in [-0.3, -0.25) is 9.78 Å². The van der Waals surface area contributed by atoms with E-state index in [0.29, 0.717) is 18.0 Å². The van der Waals surface area contributed by atoms with Crippen molar-refractivity contribution in [2.75, 3.05) is 5.32 Å². The van der Waals surface area contributed by atoms with Crippen molar-refractivity contribution in [3.63, 3.8) is 0 Å². The first-order chi connectivity index (χ1) is 7.89. The molecule has 1 aromatic rings. The second-order valence-corrected chi connectivity index (χ2v) is 4.54. The molecule has 1 aliphatic heterocycles. The summed E-state index contributed by atoms with van der Waals surface area (Å²) < 4.78 is 11.3. The van der Waals surface area contributed by atoms with E-state index in [1.54, 1.807) is 6.20 Å². The quantitative estimate of drug-likeness (QED) is 0.810. The van der Waals surface area contributed by atoms with Gasteiger partial charge < -0.3 is 14.8 Å². The first-order valence-electron chi connectivity index (χ1n) is 5.48. The lowest BCUT2D eigenvalue weighted by Gasteiger charge is -2.34. The summed E-state index contributed by atoms with van der Waals surface area (Å²) in [6, 6.07) is 0. The molecule has 1 amide bonds. The summed E-state index contributed by atoms with van der Waals surface area (Å²) in [5, 5.41) is 2.73. The van der Waals surface area contributed by atoms with Gasteiger partial charge in [-0.25, -0.2) is 0 Å². The molecule has 1 aliphatic rings. The molecule has 1 aromatic heterocycles. The second-order valence-electron chi connectivity index (χ2n) is 4.54. The minimum absolute atomic E-state index is 0.136. The zero-order valence-electron chi connectivity index (χ0n) is 10.5. The van der Waals surface area contributed by atoms with Crippen molar-refractivity contribution in [2.24, 2.45) is 0 Å². The highest BCUT2D eigenvalue weighted by Gasteiger charge is 2.30. The van der Waals surface area contributed by atoms with Gasteiger partial charge in [0, 0.05) is 26.3 Å². The molecule has 0 spiro atoms. The number of aromatic nitrogens is 1. The molecule has 0 atom stereocenters. The molecule has 0 radical (unpaired) electrons. The molecule has 0 aliphatic carbocycles. The third kappa shape index (κ3) is 2.39. The summed E-state index contributed by atoms with van der Waals surface area (Å²) >= 11 is 0. The molecule has 2 heterocycles. The lowest BCUT2D eigenvalue weighted by atomic mass is 10.1. The van der Waals surface area contributed by atoms with Gasteiger partial charge in [-0.05, 0) is 6.92 Å². The van der Waals surface area contributed by atoms with E-state index in [0.717, 1.165) is 11.3 Å². The van der Waals surface area contributed by atoms with Crippen molar-refractivity contribution in [1.82, 2.24) is 4.98 Å². The van der Waals surface area contributed by atoms with Gasteiger partial charge in [0.1, 0.15) is 0 Å². The maximum Gasteiger partial charge on any atom is 0.221 e. The first-order valence-corrected chi connectivity index (χ1v) is 5.48. The Bertz CT molecular complexity index is 469. The van der Waals surface area contributed by atoms with Gasteiger partial charge in [-0.15, -0.1) is 0 Å². The van der Waals surface area contributed by atoms with E-state index in [-0.39, 0.29) is 5.91 Å². The molecule has 0 bridgehead atoms. The smallest absolute Gasteiger partial charge is 0.221 e. The number of hydrogen-bond acceptors (Lipinski definition) is 4. The molecule has 17 heavy (non-hydrogen) atoms. The highest BCUT2D eigenvalue weighted by molar-refractivity contribution is 5.89. The Hall–Kier alpha value is -1.62. The number of nitrogens with one attached hydrogen (secondary N) is 1. The van der Waals surface area contributed by atoms with E-state index in [9.17, 15) is 4.79 Å². The van der Waals surface area contributed by atoms with Crippen LogP contribution in [0.4, 0.5) is 5.69 Å². The fourth-order valence-corrected chi connectivity index (χ4v) is 1.74. The maximum absolute atomic E-state index is 11.1. The van der Waals surface area contributed by atoms with Gasteiger partial charge >= 0.3 is 0 Å². The fourth-order valence-electron chi connectivity index (χ4n) is 1.74. The first kappa shape index (κ1) is 11.9. The predicted octanol–water partition coefficient (Wildman–Crippen LogP) is 1.99. The molecule has 5 heteroatoms. The summed E-state index contributed by atoms with van der Waals surface area (Å²) in [5.74, 6) is -0.0935. The van der Waals surface area contributed by atoms with Gasteiger partial charge in [-0.2, -0.15) is 0 Å². The van der Waals surface area contributed by atoms with Crippen molar-refractivity contribution in [2.45, 2.75) is 40.1 Å². The Morgan fingerprint density at radius 1 is 1.53 bits per heavy atom. The molecule has 0 saturated carbocycles. The Balaban J connectivity index is 2.44. The van der Waals surface area contributed by atoms with E-state index < -0.39 is 5.79 Å². The zero-order valence-corrected chi connectivity index (χ0v) is 10.5.